The smallest absolute Gasteiger partial charge is 0.240 e. The summed E-state index contributed by atoms with van der Waals surface area (Å²) in [5.74, 6) is 0.791. The maximum Gasteiger partial charge on any atom is 0.240 e. The second-order valence-corrected chi connectivity index (χ2v) is 6.10. The molecule has 2 fully saturated rings. The first-order chi connectivity index (χ1) is 7.99. The molecular formula is C13H25N3O. The van der Waals surface area contributed by atoms with E-state index in [-0.39, 0.29) is 5.91 Å². The highest BCUT2D eigenvalue weighted by Gasteiger charge is 2.46. The number of amides is 1. The van der Waals surface area contributed by atoms with Gasteiger partial charge in [-0.25, -0.2) is 0 Å². The average Bonchev–Trinajstić information content (AvgIpc) is 3.00. The molecular weight excluding hydrogens is 214 g/mol. The second kappa shape index (κ2) is 4.94. The van der Waals surface area contributed by atoms with Gasteiger partial charge in [0.15, 0.2) is 0 Å². The molecule has 4 heteroatoms. The van der Waals surface area contributed by atoms with Crippen LogP contribution in [0.5, 0.6) is 0 Å². The molecule has 4 nitrogen and oxygen atoms in total. The summed E-state index contributed by atoms with van der Waals surface area (Å²) in [6.07, 6.45) is 3.83. The van der Waals surface area contributed by atoms with Crippen molar-refractivity contribution in [1.82, 2.24) is 10.2 Å². The van der Waals surface area contributed by atoms with Gasteiger partial charge in [0.1, 0.15) is 0 Å². The van der Waals surface area contributed by atoms with Crippen LogP contribution in [0.15, 0.2) is 0 Å². The summed E-state index contributed by atoms with van der Waals surface area (Å²) >= 11 is 0. The standard InChI is InChI=1S/C13H25N3O/c1-10(2)9-16-7-3-11(4-8-16)15-12(17)13(14)5-6-13/h10-11H,3-9,14H2,1-2H3,(H,15,17). The van der Waals surface area contributed by atoms with E-state index in [1.54, 1.807) is 0 Å². The molecule has 0 unspecified atom stereocenters. The Kier molecular flexibility index (Phi) is 3.73. The molecule has 0 aromatic carbocycles. The number of carbonyl (C=O) groups excluding carboxylic acids is 1. The summed E-state index contributed by atoms with van der Waals surface area (Å²) in [5, 5.41) is 3.10. The van der Waals surface area contributed by atoms with E-state index in [1.807, 2.05) is 0 Å². The Labute approximate surface area is 104 Å². The number of rotatable bonds is 4. The molecule has 1 saturated carbocycles. The minimum absolute atomic E-state index is 0.0693. The van der Waals surface area contributed by atoms with Crippen LogP contribution in [-0.2, 0) is 4.79 Å². The van der Waals surface area contributed by atoms with Crippen molar-refractivity contribution in [3.05, 3.63) is 0 Å². The molecule has 98 valence electrons. The molecule has 1 heterocycles. The lowest BCUT2D eigenvalue weighted by Crippen LogP contribution is -2.51. The summed E-state index contributed by atoms with van der Waals surface area (Å²) in [4.78, 5) is 14.3. The van der Waals surface area contributed by atoms with E-state index in [1.165, 1.54) is 6.54 Å². The second-order valence-electron chi connectivity index (χ2n) is 6.10. The summed E-state index contributed by atoms with van der Waals surface area (Å²) in [6.45, 7) is 7.86. The van der Waals surface area contributed by atoms with Gasteiger partial charge in [0.2, 0.25) is 5.91 Å². The van der Waals surface area contributed by atoms with Crippen LogP contribution < -0.4 is 11.1 Å². The van der Waals surface area contributed by atoms with Gasteiger partial charge in [-0.1, -0.05) is 13.8 Å². The van der Waals surface area contributed by atoms with Gasteiger partial charge in [-0.15, -0.1) is 0 Å². The van der Waals surface area contributed by atoms with E-state index in [2.05, 4.69) is 24.1 Å². The molecule has 3 N–H and O–H groups in total. The Balaban J connectivity index is 1.70. The molecule has 0 aromatic heterocycles. The van der Waals surface area contributed by atoms with E-state index in [9.17, 15) is 4.79 Å². The van der Waals surface area contributed by atoms with Gasteiger partial charge in [0.05, 0.1) is 5.54 Å². The average molecular weight is 239 g/mol. The van der Waals surface area contributed by atoms with Gasteiger partial charge < -0.3 is 16.0 Å². The molecule has 0 spiro atoms. The van der Waals surface area contributed by atoms with Crippen molar-refractivity contribution in [3.63, 3.8) is 0 Å². The molecule has 17 heavy (non-hydrogen) atoms. The van der Waals surface area contributed by atoms with Crippen LogP contribution in [0.1, 0.15) is 39.5 Å². The van der Waals surface area contributed by atoms with E-state index >= 15 is 0 Å². The van der Waals surface area contributed by atoms with E-state index in [0.29, 0.717) is 6.04 Å². The molecule has 0 bridgehead atoms. The zero-order chi connectivity index (χ0) is 12.5. The molecule has 1 aliphatic heterocycles. The molecule has 0 atom stereocenters. The van der Waals surface area contributed by atoms with Crippen LogP contribution in [0, 0.1) is 5.92 Å². The fourth-order valence-electron chi connectivity index (χ4n) is 2.47. The molecule has 2 aliphatic rings. The Bertz CT molecular complexity index is 278. The number of hydrogen-bond acceptors (Lipinski definition) is 3. The lowest BCUT2D eigenvalue weighted by atomic mass is 10.0. The molecule has 1 amide bonds. The van der Waals surface area contributed by atoms with Crippen LogP contribution in [0.2, 0.25) is 0 Å². The van der Waals surface area contributed by atoms with Crippen molar-refractivity contribution >= 4 is 5.91 Å². The zero-order valence-electron chi connectivity index (χ0n) is 11.0. The largest absolute Gasteiger partial charge is 0.352 e. The van der Waals surface area contributed by atoms with Crippen LogP contribution in [0.3, 0.4) is 0 Å². The van der Waals surface area contributed by atoms with E-state index < -0.39 is 5.54 Å². The highest BCUT2D eigenvalue weighted by molar-refractivity contribution is 5.89. The van der Waals surface area contributed by atoms with Crippen molar-refractivity contribution in [2.45, 2.75) is 51.1 Å². The summed E-state index contributed by atoms with van der Waals surface area (Å²) in [7, 11) is 0. The molecule has 2 rings (SSSR count). The molecule has 0 aromatic rings. The lowest BCUT2D eigenvalue weighted by molar-refractivity contribution is -0.124. The molecule has 1 saturated heterocycles. The van der Waals surface area contributed by atoms with Crippen LogP contribution in [0.4, 0.5) is 0 Å². The van der Waals surface area contributed by atoms with Crippen molar-refractivity contribution in [2.24, 2.45) is 11.7 Å². The zero-order valence-corrected chi connectivity index (χ0v) is 11.0. The first-order valence-electron chi connectivity index (χ1n) is 6.82. The minimum Gasteiger partial charge on any atom is -0.352 e. The Morgan fingerprint density at radius 3 is 2.47 bits per heavy atom. The highest BCUT2D eigenvalue weighted by atomic mass is 16.2. The van der Waals surface area contributed by atoms with Crippen LogP contribution >= 0.6 is 0 Å². The number of carbonyl (C=O) groups is 1. The normalized spacial score (nSPS) is 24.9. The topological polar surface area (TPSA) is 58.4 Å². The lowest BCUT2D eigenvalue weighted by Gasteiger charge is -2.33. The Morgan fingerprint density at radius 1 is 1.41 bits per heavy atom. The Morgan fingerprint density at radius 2 is 2.00 bits per heavy atom. The van der Waals surface area contributed by atoms with Gasteiger partial charge in [0, 0.05) is 25.7 Å². The number of nitrogens with one attached hydrogen (secondary N) is 1. The third-order valence-electron chi connectivity index (χ3n) is 3.79. The van der Waals surface area contributed by atoms with Gasteiger partial charge in [-0.05, 0) is 31.6 Å². The maximum atomic E-state index is 11.8. The number of nitrogens with two attached hydrogens (primary N) is 1. The number of likely N-dealkylation sites (tertiary alicyclic amines) is 1. The van der Waals surface area contributed by atoms with Gasteiger partial charge in [0.25, 0.3) is 0 Å². The number of nitrogens with zero attached hydrogens (tertiary/aromatic N) is 1. The third-order valence-corrected chi connectivity index (χ3v) is 3.79. The van der Waals surface area contributed by atoms with Crippen molar-refractivity contribution in [2.75, 3.05) is 19.6 Å². The monoisotopic (exact) mass is 239 g/mol. The molecule has 0 radical (unpaired) electrons. The fourth-order valence-corrected chi connectivity index (χ4v) is 2.47. The van der Waals surface area contributed by atoms with Gasteiger partial charge >= 0.3 is 0 Å². The SMILES string of the molecule is CC(C)CN1CCC(NC(=O)C2(N)CC2)CC1. The predicted octanol–water partition coefficient (Wildman–Crippen LogP) is 0.714. The first kappa shape index (κ1) is 12.8. The van der Waals surface area contributed by atoms with Crippen molar-refractivity contribution in [1.29, 1.82) is 0 Å². The number of piperidine rings is 1. The third kappa shape index (κ3) is 3.42. The predicted molar refractivity (Wildman–Crippen MR) is 68.6 cm³/mol. The van der Waals surface area contributed by atoms with E-state index in [0.717, 1.165) is 44.7 Å². The number of hydrogen-bond donors (Lipinski definition) is 2. The van der Waals surface area contributed by atoms with Crippen LogP contribution in [-0.4, -0.2) is 42.0 Å². The Hall–Kier alpha value is -0.610. The minimum atomic E-state index is -0.519. The summed E-state index contributed by atoms with van der Waals surface area (Å²) in [6, 6.07) is 0.340. The highest BCUT2D eigenvalue weighted by Crippen LogP contribution is 2.32. The van der Waals surface area contributed by atoms with Gasteiger partial charge in [-0.3, -0.25) is 4.79 Å². The van der Waals surface area contributed by atoms with Crippen LogP contribution in [0.25, 0.3) is 0 Å². The first-order valence-corrected chi connectivity index (χ1v) is 6.82. The fraction of sp³-hybridized carbons (Fsp3) is 0.923. The van der Waals surface area contributed by atoms with Gasteiger partial charge in [-0.2, -0.15) is 0 Å². The molecule has 1 aliphatic carbocycles. The van der Waals surface area contributed by atoms with Crippen molar-refractivity contribution in [3.8, 4) is 0 Å². The summed E-state index contributed by atoms with van der Waals surface area (Å²) in [5.41, 5.74) is 5.36. The van der Waals surface area contributed by atoms with Crippen molar-refractivity contribution < 1.29 is 4.79 Å². The quantitative estimate of drug-likeness (QED) is 0.760. The van der Waals surface area contributed by atoms with E-state index in [4.69, 9.17) is 5.73 Å². The summed E-state index contributed by atoms with van der Waals surface area (Å²) < 4.78 is 0. The maximum absolute atomic E-state index is 11.8.